The third-order valence-corrected chi connectivity index (χ3v) is 2.27. The molecule has 0 amide bonds. The molecule has 1 rings (SSSR count). The van der Waals surface area contributed by atoms with Crippen LogP contribution in [-0.2, 0) is 6.54 Å². The highest BCUT2D eigenvalue weighted by molar-refractivity contribution is 5.19. The van der Waals surface area contributed by atoms with Crippen molar-refractivity contribution in [2.45, 2.75) is 6.54 Å². The van der Waals surface area contributed by atoms with Crippen molar-refractivity contribution in [2.75, 3.05) is 27.2 Å². The number of hydrogen-bond donors (Lipinski definition) is 1. The Balaban J connectivity index is 2.69. The van der Waals surface area contributed by atoms with Crippen molar-refractivity contribution < 1.29 is 13.2 Å². The first-order chi connectivity index (χ1) is 7.54. The monoisotopic (exact) mass is 232 g/mol. The van der Waals surface area contributed by atoms with Crippen LogP contribution in [0.15, 0.2) is 12.1 Å². The van der Waals surface area contributed by atoms with Gasteiger partial charge in [-0.1, -0.05) is 0 Å². The summed E-state index contributed by atoms with van der Waals surface area (Å²) in [5.74, 6) is -2.88. The van der Waals surface area contributed by atoms with Gasteiger partial charge in [-0.25, -0.2) is 13.2 Å². The SMILES string of the molecule is CNCCN(C)Cc1cc(F)c(F)cc1F. The number of benzene rings is 1. The van der Waals surface area contributed by atoms with E-state index in [2.05, 4.69) is 5.32 Å². The first kappa shape index (κ1) is 13.0. The highest BCUT2D eigenvalue weighted by Gasteiger charge is 2.11. The molecular weight excluding hydrogens is 217 g/mol. The molecule has 0 atom stereocenters. The van der Waals surface area contributed by atoms with Gasteiger partial charge in [-0.3, -0.25) is 0 Å². The second-order valence-electron chi connectivity index (χ2n) is 3.70. The molecule has 0 aliphatic rings. The highest BCUT2D eigenvalue weighted by atomic mass is 19.2. The van der Waals surface area contributed by atoms with E-state index < -0.39 is 17.5 Å². The summed E-state index contributed by atoms with van der Waals surface area (Å²) in [7, 11) is 3.60. The number of likely N-dealkylation sites (N-methyl/N-ethyl adjacent to an activating group) is 2. The fraction of sp³-hybridized carbons (Fsp3) is 0.455. The molecule has 16 heavy (non-hydrogen) atoms. The first-order valence-corrected chi connectivity index (χ1v) is 5.01. The number of nitrogens with one attached hydrogen (secondary N) is 1. The summed E-state index contributed by atoms with van der Waals surface area (Å²) >= 11 is 0. The molecule has 5 heteroatoms. The van der Waals surface area contributed by atoms with Crippen LogP contribution in [0.3, 0.4) is 0 Å². The lowest BCUT2D eigenvalue weighted by atomic mass is 10.2. The molecule has 0 aliphatic heterocycles. The fourth-order valence-corrected chi connectivity index (χ4v) is 1.36. The van der Waals surface area contributed by atoms with Crippen LogP contribution in [0.5, 0.6) is 0 Å². The van der Waals surface area contributed by atoms with Gasteiger partial charge in [0.1, 0.15) is 5.82 Å². The molecule has 1 N–H and O–H groups in total. The Hall–Kier alpha value is -1.07. The zero-order valence-electron chi connectivity index (χ0n) is 9.36. The molecular formula is C11H15F3N2. The summed E-state index contributed by atoms with van der Waals surface area (Å²) in [6.45, 7) is 1.71. The Morgan fingerprint density at radius 1 is 1.12 bits per heavy atom. The van der Waals surface area contributed by atoms with E-state index in [4.69, 9.17) is 0 Å². The molecule has 0 radical (unpaired) electrons. The summed E-state index contributed by atoms with van der Waals surface area (Å²) < 4.78 is 38.8. The summed E-state index contributed by atoms with van der Waals surface area (Å²) in [5, 5.41) is 2.95. The Bertz CT molecular complexity index is 355. The zero-order chi connectivity index (χ0) is 12.1. The quantitative estimate of drug-likeness (QED) is 0.778. The van der Waals surface area contributed by atoms with Crippen LogP contribution >= 0.6 is 0 Å². The standard InChI is InChI=1S/C11H15F3N2/c1-15-3-4-16(2)7-8-5-10(13)11(14)6-9(8)12/h5-6,15H,3-4,7H2,1-2H3. The smallest absolute Gasteiger partial charge is 0.161 e. The lowest BCUT2D eigenvalue weighted by Gasteiger charge is -2.16. The van der Waals surface area contributed by atoms with Gasteiger partial charge in [-0.15, -0.1) is 0 Å². The number of rotatable bonds is 5. The van der Waals surface area contributed by atoms with Crippen molar-refractivity contribution in [1.82, 2.24) is 10.2 Å². The van der Waals surface area contributed by atoms with Crippen molar-refractivity contribution in [1.29, 1.82) is 0 Å². The summed E-state index contributed by atoms with van der Waals surface area (Å²) in [6.07, 6.45) is 0. The van der Waals surface area contributed by atoms with Gasteiger partial charge in [-0.05, 0) is 20.2 Å². The van der Waals surface area contributed by atoms with E-state index in [9.17, 15) is 13.2 Å². The average molecular weight is 232 g/mol. The highest BCUT2D eigenvalue weighted by Crippen LogP contribution is 2.14. The molecule has 0 aliphatic carbocycles. The van der Waals surface area contributed by atoms with Gasteiger partial charge in [0.25, 0.3) is 0 Å². The van der Waals surface area contributed by atoms with E-state index in [0.717, 1.165) is 12.6 Å². The summed E-state index contributed by atoms with van der Waals surface area (Å²) in [5.41, 5.74) is 0.164. The molecule has 1 aromatic carbocycles. The molecule has 90 valence electrons. The number of hydrogen-bond acceptors (Lipinski definition) is 2. The van der Waals surface area contributed by atoms with Crippen LogP contribution in [0, 0.1) is 17.5 Å². The van der Waals surface area contributed by atoms with Crippen LogP contribution in [0.2, 0.25) is 0 Å². The largest absolute Gasteiger partial charge is 0.318 e. The molecule has 0 spiro atoms. The van der Waals surface area contributed by atoms with E-state index >= 15 is 0 Å². The van der Waals surface area contributed by atoms with Crippen molar-refractivity contribution in [3.05, 3.63) is 35.1 Å². The predicted octanol–water partition coefficient (Wildman–Crippen LogP) is 1.76. The second-order valence-corrected chi connectivity index (χ2v) is 3.70. The minimum absolute atomic E-state index is 0.164. The molecule has 0 fully saturated rings. The molecule has 0 heterocycles. The summed E-state index contributed by atoms with van der Waals surface area (Å²) in [4.78, 5) is 1.83. The van der Waals surface area contributed by atoms with Crippen LogP contribution in [-0.4, -0.2) is 32.1 Å². The molecule has 0 saturated carbocycles. The van der Waals surface area contributed by atoms with E-state index in [1.165, 1.54) is 0 Å². The zero-order valence-corrected chi connectivity index (χ0v) is 9.36. The Morgan fingerprint density at radius 2 is 1.75 bits per heavy atom. The Labute approximate surface area is 93.1 Å². The Kier molecular flexibility index (Phi) is 4.76. The molecule has 2 nitrogen and oxygen atoms in total. The minimum Gasteiger partial charge on any atom is -0.318 e. The summed E-state index contributed by atoms with van der Waals surface area (Å²) in [6, 6.07) is 1.48. The van der Waals surface area contributed by atoms with Gasteiger partial charge in [0.2, 0.25) is 0 Å². The van der Waals surface area contributed by atoms with E-state index in [-0.39, 0.29) is 12.1 Å². The molecule has 0 saturated heterocycles. The number of nitrogens with zero attached hydrogens (tertiary/aromatic N) is 1. The van der Waals surface area contributed by atoms with Crippen molar-refractivity contribution in [3.63, 3.8) is 0 Å². The van der Waals surface area contributed by atoms with E-state index in [0.29, 0.717) is 12.6 Å². The van der Waals surface area contributed by atoms with E-state index in [1.807, 2.05) is 11.9 Å². The average Bonchev–Trinajstić information content (AvgIpc) is 2.23. The molecule has 0 unspecified atom stereocenters. The third kappa shape index (κ3) is 3.50. The fourth-order valence-electron chi connectivity index (χ4n) is 1.36. The van der Waals surface area contributed by atoms with Gasteiger partial charge < -0.3 is 10.2 Å². The van der Waals surface area contributed by atoms with Gasteiger partial charge in [-0.2, -0.15) is 0 Å². The van der Waals surface area contributed by atoms with Gasteiger partial charge in [0.05, 0.1) is 0 Å². The first-order valence-electron chi connectivity index (χ1n) is 5.01. The molecule has 1 aromatic rings. The van der Waals surface area contributed by atoms with Gasteiger partial charge in [0.15, 0.2) is 11.6 Å². The normalized spacial score (nSPS) is 11.1. The molecule has 0 bridgehead atoms. The van der Waals surface area contributed by atoms with Crippen LogP contribution in [0.4, 0.5) is 13.2 Å². The third-order valence-electron chi connectivity index (χ3n) is 2.27. The van der Waals surface area contributed by atoms with Crippen molar-refractivity contribution in [2.24, 2.45) is 0 Å². The lowest BCUT2D eigenvalue weighted by Crippen LogP contribution is -2.27. The topological polar surface area (TPSA) is 15.3 Å². The van der Waals surface area contributed by atoms with Crippen LogP contribution < -0.4 is 5.32 Å². The lowest BCUT2D eigenvalue weighted by molar-refractivity contribution is 0.321. The number of halogens is 3. The van der Waals surface area contributed by atoms with Crippen molar-refractivity contribution >= 4 is 0 Å². The Morgan fingerprint density at radius 3 is 2.38 bits per heavy atom. The maximum Gasteiger partial charge on any atom is 0.161 e. The molecule has 0 aromatic heterocycles. The minimum atomic E-state index is -1.15. The van der Waals surface area contributed by atoms with Crippen LogP contribution in [0.25, 0.3) is 0 Å². The predicted molar refractivity (Wildman–Crippen MR) is 56.6 cm³/mol. The maximum absolute atomic E-state index is 13.3. The van der Waals surface area contributed by atoms with E-state index in [1.54, 1.807) is 7.05 Å². The van der Waals surface area contributed by atoms with Gasteiger partial charge >= 0.3 is 0 Å². The van der Waals surface area contributed by atoms with Crippen molar-refractivity contribution in [3.8, 4) is 0 Å². The van der Waals surface area contributed by atoms with Crippen LogP contribution in [0.1, 0.15) is 5.56 Å². The second kappa shape index (κ2) is 5.86. The van der Waals surface area contributed by atoms with Gasteiger partial charge in [0, 0.05) is 31.3 Å². The maximum atomic E-state index is 13.3.